The largest absolute Gasteiger partial charge is 0.392 e. The minimum atomic E-state index is 0.118. The van der Waals surface area contributed by atoms with Crippen LogP contribution in [0.3, 0.4) is 0 Å². The molecule has 1 aliphatic heterocycles. The van der Waals surface area contributed by atoms with Gasteiger partial charge >= 0.3 is 0 Å². The molecular weight excluding hydrogens is 250 g/mol. The summed E-state index contributed by atoms with van der Waals surface area (Å²) in [6.07, 6.45) is 6.46. The Kier molecular flexibility index (Phi) is 4.14. The Labute approximate surface area is 119 Å². The normalized spacial score (nSPS) is 20.1. The topological polar surface area (TPSA) is 52.1 Å². The van der Waals surface area contributed by atoms with Crippen molar-refractivity contribution < 1.29 is 5.11 Å². The highest BCUT2D eigenvalue weighted by molar-refractivity contribution is 5.22. The second-order valence-corrected chi connectivity index (χ2v) is 5.58. The van der Waals surface area contributed by atoms with Crippen LogP contribution in [0.15, 0.2) is 36.7 Å². The Morgan fingerprint density at radius 3 is 2.75 bits per heavy atom. The maximum atomic E-state index is 9.07. The maximum absolute atomic E-state index is 9.07. The number of aliphatic hydroxyl groups is 1. The van der Waals surface area contributed by atoms with E-state index < -0.39 is 0 Å². The van der Waals surface area contributed by atoms with Crippen molar-refractivity contribution in [2.45, 2.75) is 31.9 Å². The van der Waals surface area contributed by atoms with Gasteiger partial charge in [-0.2, -0.15) is 5.10 Å². The molecule has 4 nitrogen and oxygen atoms in total. The number of likely N-dealkylation sites (tertiary alicyclic amines) is 1. The van der Waals surface area contributed by atoms with Gasteiger partial charge in [-0.1, -0.05) is 24.3 Å². The maximum Gasteiger partial charge on any atom is 0.0681 e. The first-order chi connectivity index (χ1) is 9.85. The van der Waals surface area contributed by atoms with Gasteiger partial charge in [0.05, 0.1) is 12.8 Å². The van der Waals surface area contributed by atoms with E-state index in [4.69, 9.17) is 5.11 Å². The number of rotatable bonds is 4. The van der Waals surface area contributed by atoms with Crippen molar-refractivity contribution in [2.75, 3.05) is 13.1 Å². The van der Waals surface area contributed by atoms with Crippen LogP contribution in [0.2, 0.25) is 0 Å². The minimum absolute atomic E-state index is 0.118. The van der Waals surface area contributed by atoms with E-state index in [1.165, 1.54) is 24.0 Å². The molecule has 1 aromatic carbocycles. The van der Waals surface area contributed by atoms with Gasteiger partial charge in [0, 0.05) is 19.3 Å². The van der Waals surface area contributed by atoms with Crippen molar-refractivity contribution in [3.05, 3.63) is 53.3 Å². The Morgan fingerprint density at radius 1 is 1.25 bits per heavy atom. The second kappa shape index (κ2) is 6.20. The molecule has 4 heteroatoms. The summed E-state index contributed by atoms with van der Waals surface area (Å²) in [5.74, 6) is 0.596. The van der Waals surface area contributed by atoms with Gasteiger partial charge < -0.3 is 5.11 Å². The number of benzene rings is 1. The van der Waals surface area contributed by atoms with Crippen molar-refractivity contribution in [3.63, 3.8) is 0 Å². The van der Waals surface area contributed by atoms with Crippen LogP contribution in [0.25, 0.3) is 0 Å². The Bertz CT molecular complexity index is 521. The van der Waals surface area contributed by atoms with E-state index in [1.807, 2.05) is 24.5 Å². The molecule has 2 heterocycles. The number of aliphatic hydroxyl groups excluding tert-OH is 1. The molecule has 0 spiro atoms. The minimum Gasteiger partial charge on any atom is -0.392 e. The van der Waals surface area contributed by atoms with Crippen LogP contribution >= 0.6 is 0 Å². The number of hydrogen-bond donors (Lipinski definition) is 2. The highest BCUT2D eigenvalue weighted by Crippen LogP contribution is 2.26. The number of nitrogens with one attached hydrogen (secondary N) is 1. The lowest BCUT2D eigenvalue weighted by atomic mass is 9.92. The summed E-state index contributed by atoms with van der Waals surface area (Å²) in [6, 6.07) is 8.25. The Morgan fingerprint density at radius 2 is 2.05 bits per heavy atom. The Hall–Kier alpha value is -1.65. The smallest absolute Gasteiger partial charge is 0.0681 e. The zero-order valence-corrected chi connectivity index (χ0v) is 11.6. The fourth-order valence-corrected chi connectivity index (χ4v) is 2.96. The van der Waals surface area contributed by atoms with E-state index in [2.05, 4.69) is 27.2 Å². The molecule has 2 aromatic rings. The molecule has 1 fully saturated rings. The van der Waals surface area contributed by atoms with Gasteiger partial charge in [-0.25, -0.2) is 0 Å². The molecule has 0 amide bonds. The number of hydrogen-bond acceptors (Lipinski definition) is 3. The predicted molar refractivity (Wildman–Crippen MR) is 78.2 cm³/mol. The summed E-state index contributed by atoms with van der Waals surface area (Å²) < 4.78 is 0. The van der Waals surface area contributed by atoms with Crippen molar-refractivity contribution in [3.8, 4) is 0 Å². The van der Waals surface area contributed by atoms with Crippen LogP contribution < -0.4 is 0 Å². The van der Waals surface area contributed by atoms with Gasteiger partial charge in [0.2, 0.25) is 0 Å². The van der Waals surface area contributed by atoms with E-state index in [1.54, 1.807) is 0 Å². The highest BCUT2D eigenvalue weighted by Gasteiger charge is 2.21. The first kappa shape index (κ1) is 13.3. The lowest BCUT2D eigenvalue weighted by Gasteiger charge is -2.32. The van der Waals surface area contributed by atoms with Crippen LogP contribution in [-0.2, 0) is 13.2 Å². The molecule has 1 unspecified atom stereocenters. The monoisotopic (exact) mass is 271 g/mol. The molecule has 1 atom stereocenters. The molecule has 1 aromatic heterocycles. The summed E-state index contributed by atoms with van der Waals surface area (Å²) in [6.45, 7) is 3.37. The third-order valence-corrected chi connectivity index (χ3v) is 4.11. The molecule has 1 aliphatic rings. The number of piperidine rings is 1. The average Bonchev–Trinajstić information content (AvgIpc) is 3.03. The van der Waals surface area contributed by atoms with E-state index in [0.29, 0.717) is 5.92 Å². The van der Waals surface area contributed by atoms with Crippen LogP contribution in [0.4, 0.5) is 0 Å². The number of aromatic amines is 1. The van der Waals surface area contributed by atoms with Crippen molar-refractivity contribution in [1.29, 1.82) is 0 Å². The molecule has 106 valence electrons. The molecule has 20 heavy (non-hydrogen) atoms. The molecule has 2 N–H and O–H groups in total. The van der Waals surface area contributed by atoms with Gasteiger partial charge in [0.1, 0.15) is 0 Å². The van der Waals surface area contributed by atoms with Crippen LogP contribution in [-0.4, -0.2) is 33.3 Å². The van der Waals surface area contributed by atoms with E-state index >= 15 is 0 Å². The molecule has 3 rings (SSSR count). The van der Waals surface area contributed by atoms with E-state index in [-0.39, 0.29) is 6.61 Å². The van der Waals surface area contributed by atoms with Crippen LogP contribution in [0.5, 0.6) is 0 Å². The summed E-state index contributed by atoms with van der Waals surface area (Å²) in [5.41, 5.74) is 3.61. The summed E-state index contributed by atoms with van der Waals surface area (Å²) in [4.78, 5) is 2.51. The van der Waals surface area contributed by atoms with Gasteiger partial charge in [-0.05, 0) is 42.0 Å². The first-order valence-electron chi connectivity index (χ1n) is 7.25. The molecule has 0 aliphatic carbocycles. The van der Waals surface area contributed by atoms with Crippen LogP contribution in [0.1, 0.15) is 35.4 Å². The zero-order chi connectivity index (χ0) is 13.8. The third kappa shape index (κ3) is 3.08. The fourth-order valence-electron chi connectivity index (χ4n) is 2.96. The SMILES string of the molecule is OCc1ccc(CN2CCCC(c3cn[nH]c3)C2)cc1. The van der Waals surface area contributed by atoms with Crippen molar-refractivity contribution in [2.24, 2.45) is 0 Å². The van der Waals surface area contributed by atoms with Crippen LogP contribution in [0, 0.1) is 0 Å². The van der Waals surface area contributed by atoms with Gasteiger partial charge in [-0.3, -0.25) is 10.00 Å². The van der Waals surface area contributed by atoms with Gasteiger partial charge in [0.15, 0.2) is 0 Å². The predicted octanol–water partition coefficient (Wildman–Crippen LogP) is 2.28. The molecule has 1 saturated heterocycles. The van der Waals surface area contributed by atoms with Gasteiger partial charge in [0.25, 0.3) is 0 Å². The second-order valence-electron chi connectivity index (χ2n) is 5.58. The molecule has 0 saturated carbocycles. The average molecular weight is 271 g/mol. The first-order valence-corrected chi connectivity index (χ1v) is 7.25. The van der Waals surface area contributed by atoms with Crippen molar-refractivity contribution in [1.82, 2.24) is 15.1 Å². The fraction of sp³-hybridized carbons (Fsp3) is 0.438. The number of H-pyrrole nitrogens is 1. The molecular formula is C16H21N3O. The van der Waals surface area contributed by atoms with E-state index in [9.17, 15) is 0 Å². The highest BCUT2D eigenvalue weighted by atomic mass is 16.3. The molecule has 0 bridgehead atoms. The standard InChI is InChI=1S/C16H21N3O/c20-12-14-5-3-13(4-6-14)10-19-7-1-2-15(11-19)16-8-17-18-9-16/h3-6,8-9,15,20H,1-2,7,10-12H2,(H,17,18). The lowest BCUT2D eigenvalue weighted by molar-refractivity contribution is 0.200. The summed E-state index contributed by atoms with van der Waals surface area (Å²) >= 11 is 0. The Balaban J connectivity index is 1.62. The summed E-state index contributed by atoms with van der Waals surface area (Å²) in [5, 5.41) is 16.0. The zero-order valence-electron chi connectivity index (χ0n) is 11.6. The quantitative estimate of drug-likeness (QED) is 0.897. The van der Waals surface area contributed by atoms with Gasteiger partial charge in [-0.15, -0.1) is 0 Å². The number of aromatic nitrogens is 2. The number of nitrogens with zero attached hydrogens (tertiary/aromatic N) is 2. The third-order valence-electron chi connectivity index (χ3n) is 4.11. The molecule has 0 radical (unpaired) electrons. The summed E-state index contributed by atoms with van der Waals surface area (Å²) in [7, 11) is 0. The van der Waals surface area contributed by atoms with Crippen molar-refractivity contribution >= 4 is 0 Å². The lowest BCUT2D eigenvalue weighted by Crippen LogP contribution is -2.33. The van der Waals surface area contributed by atoms with E-state index in [0.717, 1.165) is 25.2 Å².